The average Bonchev–Trinajstić information content (AvgIpc) is 3.65. The van der Waals surface area contributed by atoms with E-state index in [9.17, 15) is 5.26 Å². The lowest BCUT2D eigenvalue weighted by atomic mass is 10.1. The van der Waals surface area contributed by atoms with E-state index in [2.05, 4.69) is 118 Å². The van der Waals surface area contributed by atoms with Crippen LogP contribution in [-0.2, 0) is 0 Å². The Balaban J connectivity index is 1.43. The second-order valence-corrected chi connectivity index (χ2v) is 11.4. The third-order valence-electron chi connectivity index (χ3n) is 8.78. The predicted molar refractivity (Wildman–Crippen MR) is 186 cm³/mol. The van der Waals surface area contributed by atoms with Crippen LogP contribution in [0.2, 0.25) is 0 Å². The van der Waals surface area contributed by atoms with Gasteiger partial charge in [-0.15, -0.1) is 0 Å². The minimum absolute atomic E-state index is 0.593. The highest BCUT2D eigenvalue weighted by Crippen LogP contribution is 2.42. The third kappa shape index (κ3) is 3.94. The monoisotopic (exact) mass is 587 g/mol. The molecule has 214 valence electrons. The van der Waals surface area contributed by atoms with Crippen molar-refractivity contribution in [2.45, 2.75) is 0 Å². The fourth-order valence-corrected chi connectivity index (χ4v) is 6.73. The van der Waals surface area contributed by atoms with Crippen LogP contribution in [0.25, 0.3) is 77.8 Å². The van der Waals surface area contributed by atoms with Crippen LogP contribution < -0.4 is 0 Å². The number of nitrogens with zero attached hydrogens (tertiary/aromatic N) is 5. The Kier molecular flexibility index (Phi) is 5.81. The van der Waals surface area contributed by atoms with E-state index in [0.717, 1.165) is 66.4 Å². The molecule has 0 aliphatic heterocycles. The van der Waals surface area contributed by atoms with Crippen molar-refractivity contribution < 1.29 is 0 Å². The quantitative estimate of drug-likeness (QED) is 0.206. The van der Waals surface area contributed by atoms with Gasteiger partial charge in [-0.2, -0.15) is 5.26 Å². The molecule has 9 rings (SSSR count). The second-order valence-electron chi connectivity index (χ2n) is 11.4. The highest BCUT2D eigenvalue weighted by molar-refractivity contribution is 6.26. The first-order valence-corrected chi connectivity index (χ1v) is 15.2. The molecule has 0 atom stereocenters. The van der Waals surface area contributed by atoms with Gasteiger partial charge in [-0.05, 0) is 48.5 Å². The van der Waals surface area contributed by atoms with Crippen LogP contribution in [-0.4, -0.2) is 19.1 Å². The molecule has 0 bridgehead atoms. The molecule has 0 unspecified atom stereocenters. The van der Waals surface area contributed by atoms with Crippen LogP contribution in [0.4, 0.5) is 0 Å². The lowest BCUT2D eigenvalue weighted by molar-refractivity contribution is 0.998. The summed E-state index contributed by atoms with van der Waals surface area (Å²) in [4.78, 5) is 10.5. The Morgan fingerprint density at radius 3 is 1.76 bits per heavy atom. The van der Waals surface area contributed by atoms with E-state index in [-0.39, 0.29) is 0 Å². The van der Waals surface area contributed by atoms with E-state index in [0.29, 0.717) is 11.5 Å². The summed E-state index contributed by atoms with van der Waals surface area (Å²) in [7, 11) is 0. The molecule has 0 amide bonds. The predicted octanol–water partition coefficient (Wildman–Crippen LogP) is 9.88. The topological polar surface area (TPSA) is 59.4 Å². The zero-order valence-corrected chi connectivity index (χ0v) is 24.7. The molecular weight excluding hydrogens is 562 g/mol. The van der Waals surface area contributed by atoms with Crippen LogP contribution in [0.5, 0.6) is 0 Å². The molecule has 0 N–H and O–H groups in total. The second kappa shape index (κ2) is 10.3. The first-order valence-electron chi connectivity index (χ1n) is 15.2. The van der Waals surface area contributed by atoms with Gasteiger partial charge in [-0.25, -0.2) is 9.97 Å². The largest absolute Gasteiger partial charge is 0.309 e. The van der Waals surface area contributed by atoms with E-state index in [1.165, 1.54) is 5.39 Å². The number of hydrogen-bond acceptors (Lipinski definition) is 3. The van der Waals surface area contributed by atoms with Gasteiger partial charge in [-0.1, -0.05) is 103 Å². The van der Waals surface area contributed by atoms with Gasteiger partial charge >= 0.3 is 0 Å². The van der Waals surface area contributed by atoms with Crippen molar-refractivity contribution in [3.8, 4) is 40.2 Å². The van der Waals surface area contributed by atoms with E-state index in [1.807, 2.05) is 48.5 Å². The van der Waals surface area contributed by atoms with Crippen LogP contribution in [0, 0.1) is 11.3 Å². The molecule has 3 heterocycles. The van der Waals surface area contributed by atoms with E-state index < -0.39 is 0 Å². The van der Waals surface area contributed by atoms with E-state index >= 15 is 0 Å². The molecule has 0 aliphatic rings. The smallest absolute Gasteiger partial charge is 0.235 e. The number of aromatic nitrogens is 4. The standard InChI is InChI=1S/C41H25N5/c42-26-27-19-21-29(22-20-27)35-25-34(28-11-3-1-4-12-28)43-41(44-35)46-36-17-9-7-15-31(36)32-23-24-38-39(40(32)46)33-16-8-10-18-37(33)45(38)30-13-5-2-6-14-30/h1-25H. The molecule has 46 heavy (non-hydrogen) atoms. The lowest BCUT2D eigenvalue weighted by Crippen LogP contribution is -2.04. The van der Waals surface area contributed by atoms with Crippen molar-refractivity contribution in [2.75, 3.05) is 0 Å². The minimum atomic E-state index is 0.593. The van der Waals surface area contributed by atoms with Crippen molar-refractivity contribution >= 4 is 43.6 Å². The maximum absolute atomic E-state index is 9.42. The lowest BCUT2D eigenvalue weighted by Gasteiger charge is -2.12. The number of nitriles is 1. The SMILES string of the molecule is N#Cc1ccc(-c2cc(-c3ccccc3)nc(-n3c4ccccc4c4ccc5c(c6ccccc6n5-c5ccccc5)c43)n2)cc1. The first-order chi connectivity index (χ1) is 22.8. The van der Waals surface area contributed by atoms with Crippen LogP contribution in [0.3, 0.4) is 0 Å². The molecule has 5 nitrogen and oxygen atoms in total. The third-order valence-corrected chi connectivity index (χ3v) is 8.78. The Morgan fingerprint density at radius 2 is 1.07 bits per heavy atom. The fourth-order valence-electron chi connectivity index (χ4n) is 6.73. The molecular formula is C41H25N5. The molecule has 0 spiro atoms. The fraction of sp³-hybridized carbons (Fsp3) is 0. The van der Waals surface area contributed by atoms with Gasteiger partial charge in [0, 0.05) is 38.4 Å². The summed E-state index contributed by atoms with van der Waals surface area (Å²) in [6.45, 7) is 0. The summed E-state index contributed by atoms with van der Waals surface area (Å²) in [5.74, 6) is 0.593. The number of fused-ring (bicyclic) bond motifs is 7. The van der Waals surface area contributed by atoms with Gasteiger partial charge in [0.15, 0.2) is 0 Å². The maximum atomic E-state index is 9.42. The van der Waals surface area contributed by atoms with E-state index in [1.54, 1.807) is 0 Å². The molecule has 9 aromatic rings. The van der Waals surface area contributed by atoms with Crippen LogP contribution in [0.15, 0.2) is 152 Å². The Hall–Kier alpha value is -6.51. The Labute approximate surface area is 264 Å². The van der Waals surface area contributed by atoms with Gasteiger partial charge in [0.05, 0.1) is 45.1 Å². The van der Waals surface area contributed by atoms with E-state index in [4.69, 9.17) is 9.97 Å². The van der Waals surface area contributed by atoms with Gasteiger partial charge in [0.1, 0.15) is 0 Å². The maximum Gasteiger partial charge on any atom is 0.235 e. The Bertz CT molecular complexity index is 2620. The van der Waals surface area contributed by atoms with Gasteiger partial charge in [0.2, 0.25) is 5.95 Å². The molecule has 3 aromatic heterocycles. The van der Waals surface area contributed by atoms with Gasteiger partial charge < -0.3 is 4.57 Å². The molecule has 6 aromatic carbocycles. The van der Waals surface area contributed by atoms with Gasteiger partial charge in [0.25, 0.3) is 0 Å². The van der Waals surface area contributed by atoms with Crippen molar-refractivity contribution in [1.29, 1.82) is 5.26 Å². The van der Waals surface area contributed by atoms with Crippen molar-refractivity contribution in [2.24, 2.45) is 0 Å². The molecule has 0 saturated carbocycles. The highest BCUT2D eigenvalue weighted by atomic mass is 15.2. The number of para-hydroxylation sites is 3. The zero-order valence-electron chi connectivity index (χ0n) is 24.7. The average molecular weight is 588 g/mol. The van der Waals surface area contributed by atoms with Crippen molar-refractivity contribution in [3.05, 3.63) is 157 Å². The molecule has 0 radical (unpaired) electrons. The minimum Gasteiger partial charge on any atom is -0.309 e. The molecule has 5 heteroatoms. The number of rotatable bonds is 4. The number of hydrogen-bond donors (Lipinski definition) is 0. The molecule has 0 fully saturated rings. The summed E-state index contributed by atoms with van der Waals surface area (Å²) < 4.78 is 4.57. The normalized spacial score (nSPS) is 11.5. The first kappa shape index (κ1) is 25.9. The summed E-state index contributed by atoms with van der Waals surface area (Å²) in [6.07, 6.45) is 0. The summed E-state index contributed by atoms with van der Waals surface area (Å²) >= 11 is 0. The zero-order chi connectivity index (χ0) is 30.6. The Morgan fingerprint density at radius 1 is 0.478 bits per heavy atom. The highest BCUT2D eigenvalue weighted by Gasteiger charge is 2.22. The van der Waals surface area contributed by atoms with Crippen molar-refractivity contribution in [1.82, 2.24) is 19.1 Å². The number of benzene rings is 6. The summed E-state index contributed by atoms with van der Waals surface area (Å²) in [5.41, 5.74) is 9.65. The van der Waals surface area contributed by atoms with Gasteiger partial charge in [-0.3, -0.25) is 4.57 Å². The van der Waals surface area contributed by atoms with Crippen LogP contribution in [0.1, 0.15) is 5.56 Å². The molecule has 0 saturated heterocycles. The summed E-state index contributed by atoms with van der Waals surface area (Å²) in [5, 5.41) is 14.0. The molecule has 0 aliphatic carbocycles. The summed E-state index contributed by atoms with van der Waals surface area (Å²) in [6, 6.07) is 54.2. The van der Waals surface area contributed by atoms with Crippen LogP contribution >= 0.6 is 0 Å². The van der Waals surface area contributed by atoms with Crippen molar-refractivity contribution in [3.63, 3.8) is 0 Å².